The fraction of sp³-hybridized carbons (Fsp3) is 0.444. The molecule has 128 valence electrons. The van der Waals surface area contributed by atoms with Crippen molar-refractivity contribution in [2.24, 2.45) is 0 Å². The summed E-state index contributed by atoms with van der Waals surface area (Å²) in [5.41, 5.74) is 1.24. The van der Waals surface area contributed by atoms with Crippen molar-refractivity contribution in [2.75, 3.05) is 13.1 Å². The molecule has 1 aliphatic rings. The van der Waals surface area contributed by atoms with Gasteiger partial charge in [0.2, 0.25) is 0 Å². The number of likely N-dealkylation sites (tertiary alicyclic amines) is 1. The molecule has 0 saturated carbocycles. The zero-order chi connectivity index (χ0) is 17.1. The summed E-state index contributed by atoms with van der Waals surface area (Å²) >= 11 is 1.55. The summed E-state index contributed by atoms with van der Waals surface area (Å²) in [5.74, 6) is 0.295. The molecule has 1 saturated heterocycles. The van der Waals surface area contributed by atoms with Crippen molar-refractivity contribution in [1.29, 1.82) is 0 Å². The number of nitrogens with one attached hydrogen (secondary N) is 1. The second-order valence-electron chi connectivity index (χ2n) is 6.06. The molecule has 1 N–H and O–H groups in total. The highest BCUT2D eigenvalue weighted by molar-refractivity contribution is 7.14. The Labute approximate surface area is 145 Å². The number of aryl methyl sites for hydroxylation is 2. The predicted molar refractivity (Wildman–Crippen MR) is 93.5 cm³/mol. The summed E-state index contributed by atoms with van der Waals surface area (Å²) in [4.78, 5) is 28.4. The number of carbonyl (C=O) groups excluding carboxylic acids is 2. The first-order valence-corrected chi connectivity index (χ1v) is 9.13. The molecule has 2 amide bonds. The Bertz CT molecular complexity index is 713. The first-order chi connectivity index (χ1) is 11.6. The predicted octanol–water partition coefficient (Wildman–Crippen LogP) is 3.25. The van der Waals surface area contributed by atoms with Crippen LogP contribution in [0.4, 0.5) is 0 Å². The van der Waals surface area contributed by atoms with Gasteiger partial charge >= 0.3 is 0 Å². The van der Waals surface area contributed by atoms with Gasteiger partial charge in [-0.2, -0.15) is 0 Å². The maximum absolute atomic E-state index is 12.4. The van der Waals surface area contributed by atoms with E-state index in [1.54, 1.807) is 28.4 Å². The summed E-state index contributed by atoms with van der Waals surface area (Å²) in [5, 5.41) is 3.10. The van der Waals surface area contributed by atoms with Crippen LogP contribution in [0.3, 0.4) is 0 Å². The molecule has 6 heteroatoms. The van der Waals surface area contributed by atoms with Gasteiger partial charge in [0.1, 0.15) is 0 Å². The number of amides is 2. The topological polar surface area (TPSA) is 62.6 Å². The number of carbonyl (C=O) groups is 2. The number of hydrogen-bond donors (Lipinski definition) is 1. The quantitative estimate of drug-likeness (QED) is 0.924. The lowest BCUT2D eigenvalue weighted by atomic mass is 10.0. The Balaban J connectivity index is 1.53. The lowest BCUT2D eigenvalue weighted by molar-refractivity contribution is 0.0667. The van der Waals surface area contributed by atoms with Gasteiger partial charge in [-0.1, -0.05) is 6.92 Å². The van der Waals surface area contributed by atoms with E-state index in [4.69, 9.17) is 4.42 Å². The molecule has 0 aromatic carbocycles. The number of furan rings is 1. The summed E-state index contributed by atoms with van der Waals surface area (Å²) in [6.07, 6.45) is 3.99. The first kappa shape index (κ1) is 16.8. The molecule has 0 bridgehead atoms. The van der Waals surface area contributed by atoms with E-state index in [0.29, 0.717) is 18.8 Å². The van der Waals surface area contributed by atoms with Crippen LogP contribution < -0.4 is 5.32 Å². The van der Waals surface area contributed by atoms with E-state index in [2.05, 4.69) is 19.2 Å². The summed E-state index contributed by atoms with van der Waals surface area (Å²) in [6, 6.07) is 5.50. The second kappa shape index (κ2) is 7.21. The summed E-state index contributed by atoms with van der Waals surface area (Å²) in [7, 11) is 0. The van der Waals surface area contributed by atoms with E-state index in [1.807, 2.05) is 6.07 Å². The number of nitrogens with zero attached hydrogens (tertiary/aromatic N) is 1. The van der Waals surface area contributed by atoms with Gasteiger partial charge in [-0.25, -0.2) is 0 Å². The zero-order valence-corrected chi connectivity index (χ0v) is 14.8. The fourth-order valence-electron chi connectivity index (χ4n) is 3.02. The van der Waals surface area contributed by atoms with E-state index < -0.39 is 0 Å². The Hall–Kier alpha value is -2.08. The highest BCUT2D eigenvalue weighted by atomic mass is 32.1. The maximum Gasteiger partial charge on any atom is 0.289 e. The Morgan fingerprint density at radius 2 is 2.12 bits per heavy atom. The minimum atomic E-state index is -0.0776. The third-order valence-corrected chi connectivity index (χ3v) is 5.57. The van der Waals surface area contributed by atoms with Gasteiger partial charge in [-0.3, -0.25) is 9.59 Å². The maximum atomic E-state index is 12.4. The molecule has 2 aromatic heterocycles. The molecular formula is C18H22N2O3S. The molecule has 0 radical (unpaired) electrons. The number of thiophene rings is 1. The van der Waals surface area contributed by atoms with Crippen LogP contribution in [0.1, 0.15) is 50.4 Å². The molecule has 5 nitrogen and oxygen atoms in total. The molecule has 0 spiro atoms. The Morgan fingerprint density at radius 3 is 2.71 bits per heavy atom. The molecule has 0 atom stereocenters. The molecule has 0 aliphatic carbocycles. The molecular weight excluding hydrogens is 324 g/mol. The lowest BCUT2D eigenvalue weighted by Crippen LogP contribution is -2.46. The van der Waals surface area contributed by atoms with Crippen LogP contribution in [-0.4, -0.2) is 35.8 Å². The largest absolute Gasteiger partial charge is 0.459 e. The second-order valence-corrected chi connectivity index (χ2v) is 7.32. The van der Waals surface area contributed by atoms with Gasteiger partial charge in [0.05, 0.1) is 11.1 Å². The van der Waals surface area contributed by atoms with E-state index in [0.717, 1.165) is 24.1 Å². The van der Waals surface area contributed by atoms with Crippen molar-refractivity contribution in [2.45, 2.75) is 39.2 Å². The van der Waals surface area contributed by atoms with E-state index in [9.17, 15) is 9.59 Å². The number of piperidine rings is 1. The van der Waals surface area contributed by atoms with Crippen molar-refractivity contribution in [3.05, 3.63) is 45.5 Å². The third kappa shape index (κ3) is 3.53. The monoisotopic (exact) mass is 346 g/mol. The van der Waals surface area contributed by atoms with Gasteiger partial charge in [-0.05, 0) is 49.9 Å². The molecule has 1 aliphatic heterocycles. The standard InChI is InChI=1S/C18H22N2O3S/c1-3-13-11-16(24-12(13)2)17(21)19-14-6-8-20(9-7-14)18(22)15-5-4-10-23-15/h4-5,10-11,14H,3,6-9H2,1-2H3,(H,19,21). The summed E-state index contributed by atoms with van der Waals surface area (Å²) < 4.78 is 5.16. The van der Waals surface area contributed by atoms with Crippen LogP contribution in [-0.2, 0) is 6.42 Å². The van der Waals surface area contributed by atoms with Gasteiger partial charge in [0.25, 0.3) is 11.8 Å². The third-order valence-electron chi connectivity index (χ3n) is 4.47. The van der Waals surface area contributed by atoms with Crippen molar-refractivity contribution >= 4 is 23.2 Å². The SMILES string of the molecule is CCc1cc(C(=O)NC2CCN(C(=O)c3ccco3)CC2)sc1C. The van der Waals surface area contributed by atoms with Gasteiger partial charge in [0.15, 0.2) is 5.76 Å². The van der Waals surface area contributed by atoms with Crippen molar-refractivity contribution < 1.29 is 14.0 Å². The van der Waals surface area contributed by atoms with E-state index in [-0.39, 0.29) is 17.9 Å². The van der Waals surface area contributed by atoms with Crippen molar-refractivity contribution in [3.63, 3.8) is 0 Å². The zero-order valence-electron chi connectivity index (χ0n) is 14.0. The molecule has 0 unspecified atom stereocenters. The van der Waals surface area contributed by atoms with Crippen LogP contribution >= 0.6 is 11.3 Å². The van der Waals surface area contributed by atoms with Crippen LogP contribution in [0.25, 0.3) is 0 Å². The average Bonchev–Trinajstić information content (AvgIpc) is 3.24. The molecule has 2 aromatic rings. The average molecular weight is 346 g/mol. The van der Waals surface area contributed by atoms with Gasteiger partial charge in [-0.15, -0.1) is 11.3 Å². The molecule has 1 fully saturated rings. The van der Waals surface area contributed by atoms with Gasteiger partial charge in [0, 0.05) is 24.0 Å². The Morgan fingerprint density at radius 1 is 1.38 bits per heavy atom. The molecule has 3 heterocycles. The van der Waals surface area contributed by atoms with Crippen LogP contribution in [0, 0.1) is 6.92 Å². The number of rotatable bonds is 4. The Kier molecular flexibility index (Phi) is 5.04. The highest BCUT2D eigenvalue weighted by Gasteiger charge is 2.26. The fourth-order valence-corrected chi connectivity index (χ4v) is 4.04. The smallest absolute Gasteiger partial charge is 0.289 e. The first-order valence-electron chi connectivity index (χ1n) is 8.31. The highest BCUT2D eigenvalue weighted by Crippen LogP contribution is 2.22. The normalized spacial score (nSPS) is 15.5. The van der Waals surface area contributed by atoms with Gasteiger partial charge < -0.3 is 14.6 Å². The van der Waals surface area contributed by atoms with Crippen molar-refractivity contribution in [3.8, 4) is 0 Å². The lowest BCUT2D eigenvalue weighted by Gasteiger charge is -2.31. The van der Waals surface area contributed by atoms with Crippen LogP contribution in [0.2, 0.25) is 0 Å². The van der Waals surface area contributed by atoms with Crippen LogP contribution in [0.5, 0.6) is 0 Å². The van der Waals surface area contributed by atoms with E-state index in [1.165, 1.54) is 16.7 Å². The summed E-state index contributed by atoms with van der Waals surface area (Å²) in [6.45, 7) is 5.42. The molecule has 3 rings (SSSR count). The minimum Gasteiger partial charge on any atom is -0.459 e. The molecule has 24 heavy (non-hydrogen) atoms. The van der Waals surface area contributed by atoms with Crippen LogP contribution in [0.15, 0.2) is 28.9 Å². The number of hydrogen-bond acceptors (Lipinski definition) is 4. The van der Waals surface area contributed by atoms with E-state index >= 15 is 0 Å². The minimum absolute atomic E-state index is 0.00129. The van der Waals surface area contributed by atoms with Crippen molar-refractivity contribution in [1.82, 2.24) is 10.2 Å².